The zero-order valence-corrected chi connectivity index (χ0v) is 21.4. The molecule has 1 saturated carbocycles. The van der Waals surface area contributed by atoms with Gasteiger partial charge < -0.3 is 20.3 Å². The van der Waals surface area contributed by atoms with Crippen LogP contribution in [0.3, 0.4) is 0 Å². The van der Waals surface area contributed by atoms with Gasteiger partial charge in [0.1, 0.15) is 0 Å². The van der Waals surface area contributed by atoms with Gasteiger partial charge in [-0.2, -0.15) is 0 Å². The van der Waals surface area contributed by atoms with Gasteiger partial charge in [0, 0.05) is 45.6 Å². The molecule has 0 bridgehead atoms. The molecule has 30 heavy (non-hydrogen) atoms. The molecule has 1 saturated heterocycles. The first kappa shape index (κ1) is 25.2. The standard InChI is InChI=1S/C24H40N4O.HI/c1-4-25-23(26-19-24(14-17-29-3)12-5-6-13-24)27-20(2)21-10-9-11-22(18-21)28-15-7-8-16-28;/h9-11,18,20H,4-8,12-17,19H2,1-3H3,(H2,25,26,27);1H. The predicted octanol–water partition coefficient (Wildman–Crippen LogP) is 5.12. The summed E-state index contributed by atoms with van der Waals surface area (Å²) in [4.78, 5) is 7.51. The molecule has 1 atom stereocenters. The molecule has 6 heteroatoms. The van der Waals surface area contributed by atoms with Crippen molar-refractivity contribution in [2.24, 2.45) is 10.4 Å². The van der Waals surface area contributed by atoms with Crippen LogP contribution in [0.4, 0.5) is 5.69 Å². The van der Waals surface area contributed by atoms with Crippen molar-refractivity contribution < 1.29 is 4.74 Å². The molecule has 1 aliphatic heterocycles. The Balaban J connectivity index is 0.00000320. The summed E-state index contributed by atoms with van der Waals surface area (Å²) in [6.45, 7) is 9.30. The van der Waals surface area contributed by atoms with Gasteiger partial charge in [0.15, 0.2) is 5.96 Å². The van der Waals surface area contributed by atoms with Gasteiger partial charge in [-0.3, -0.25) is 4.99 Å². The summed E-state index contributed by atoms with van der Waals surface area (Å²) in [5, 5.41) is 7.09. The van der Waals surface area contributed by atoms with Crippen LogP contribution in [0.25, 0.3) is 0 Å². The third kappa shape index (κ3) is 7.01. The van der Waals surface area contributed by atoms with E-state index in [-0.39, 0.29) is 30.0 Å². The number of nitrogens with zero attached hydrogens (tertiary/aromatic N) is 2. The lowest BCUT2D eigenvalue weighted by Gasteiger charge is -2.28. The van der Waals surface area contributed by atoms with Crippen molar-refractivity contribution in [3.05, 3.63) is 29.8 Å². The first-order chi connectivity index (χ1) is 14.2. The molecule has 0 radical (unpaired) electrons. The van der Waals surface area contributed by atoms with Crippen LogP contribution in [0.1, 0.15) is 70.4 Å². The maximum atomic E-state index is 5.38. The van der Waals surface area contributed by atoms with Crippen LogP contribution < -0.4 is 15.5 Å². The number of ether oxygens (including phenoxy) is 1. The molecule has 1 heterocycles. The molecule has 2 aliphatic rings. The molecular weight excluding hydrogens is 487 g/mol. The highest BCUT2D eigenvalue weighted by Gasteiger charge is 2.33. The Bertz CT molecular complexity index is 654. The smallest absolute Gasteiger partial charge is 0.191 e. The molecule has 3 rings (SSSR count). The van der Waals surface area contributed by atoms with Crippen molar-refractivity contribution in [1.29, 1.82) is 0 Å². The summed E-state index contributed by atoms with van der Waals surface area (Å²) in [5.74, 6) is 0.926. The number of hydrogen-bond donors (Lipinski definition) is 2. The zero-order chi connectivity index (χ0) is 20.5. The van der Waals surface area contributed by atoms with E-state index in [1.165, 1.54) is 62.9 Å². The van der Waals surface area contributed by atoms with Gasteiger partial charge >= 0.3 is 0 Å². The molecular formula is C24H41IN4O. The predicted molar refractivity (Wildman–Crippen MR) is 138 cm³/mol. The van der Waals surface area contributed by atoms with E-state index in [2.05, 4.69) is 53.6 Å². The first-order valence-electron chi connectivity index (χ1n) is 11.5. The molecule has 1 aliphatic carbocycles. The maximum Gasteiger partial charge on any atom is 0.191 e. The number of methoxy groups -OCH3 is 1. The Morgan fingerprint density at radius 2 is 1.93 bits per heavy atom. The van der Waals surface area contributed by atoms with Crippen LogP contribution in [0.2, 0.25) is 0 Å². The highest BCUT2D eigenvalue weighted by atomic mass is 127. The van der Waals surface area contributed by atoms with E-state index in [1.807, 2.05) is 0 Å². The summed E-state index contributed by atoms with van der Waals surface area (Å²) in [7, 11) is 1.80. The minimum atomic E-state index is 0. The van der Waals surface area contributed by atoms with Crippen LogP contribution in [-0.2, 0) is 4.74 Å². The van der Waals surface area contributed by atoms with E-state index in [4.69, 9.17) is 9.73 Å². The van der Waals surface area contributed by atoms with Gasteiger partial charge in [-0.15, -0.1) is 24.0 Å². The zero-order valence-electron chi connectivity index (χ0n) is 19.1. The normalized spacial score (nSPS) is 19.4. The van der Waals surface area contributed by atoms with Crippen LogP contribution in [0.5, 0.6) is 0 Å². The van der Waals surface area contributed by atoms with Crippen LogP contribution in [0.15, 0.2) is 29.3 Å². The third-order valence-electron chi connectivity index (χ3n) is 6.61. The number of anilines is 1. The Labute approximate surface area is 200 Å². The van der Waals surface area contributed by atoms with Gasteiger partial charge in [-0.25, -0.2) is 0 Å². The lowest BCUT2D eigenvalue weighted by atomic mass is 9.83. The maximum absolute atomic E-state index is 5.38. The van der Waals surface area contributed by atoms with Crippen molar-refractivity contribution in [2.75, 3.05) is 44.8 Å². The number of nitrogens with one attached hydrogen (secondary N) is 2. The van der Waals surface area contributed by atoms with E-state index >= 15 is 0 Å². The summed E-state index contributed by atoms with van der Waals surface area (Å²) >= 11 is 0. The molecule has 1 aromatic carbocycles. The lowest BCUT2D eigenvalue weighted by molar-refractivity contribution is 0.141. The second-order valence-electron chi connectivity index (χ2n) is 8.80. The lowest BCUT2D eigenvalue weighted by Crippen LogP contribution is -2.39. The van der Waals surface area contributed by atoms with Crippen molar-refractivity contribution in [3.8, 4) is 0 Å². The minimum Gasteiger partial charge on any atom is -0.385 e. The second-order valence-corrected chi connectivity index (χ2v) is 8.80. The fourth-order valence-electron chi connectivity index (χ4n) is 4.75. The monoisotopic (exact) mass is 528 g/mol. The van der Waals surface area contributed by atoms with Crippen LogP contribution >= 0.6 is 24.0 Å². The van der Waals surface area contributed by atoms with Gasteiger partial charge in [0.05, 0.1) is 6.04 Å². The average molecular weight is 529 g/mol. The number of benzene rings is 1. The number of hydrogen-bond acceptors (Lipinski definition) is 3. The Morgan fingerprint density at radius 3 is 2.60 bits per heavy atom. The van der Waals surface area contributed by atoms with E-state index in [0.717, 1.165) is 32.1 Å². The Hall–Kier alpha value is -1.02. The van der Waals surface area contributed by atoms with Crippen molar-refractivity contribution in [1.82, 2.24) is 10.6 Å². The highest BCUT2D eigenvalue weighted by molar-refractivity contribution is 14.0. The van der Waals surface area contributed by atoms with Gasteiger partial charge in [-0.1, -0.05) is 25.0 Å². The molecule has 5 nitrogen and oxygen atoms in total. The highest BCUT2D eigenvalue weighted by Crippen LogP contribution is 2.41. The Morgan fingerprint density at radius 1 is 1.20 bits per heavy atom. The number of guanidine groups is 1. The number of aliphatic imine (C=N–C) groups is 1. The molecule has 0 spiro atoms. The fraction of sp³-hybridized carbons (Fsp3) is 0.708. The summed E-state index contributed by atoms with van der Waals surface area (Å²) in [6.07, 6.45) is 8.91. The SMILES string of the molecule is CCNC(=NCC1(CCOC)CCCC1)NC(C)c1cccc(N2CCCC2)c1.I. The van der Waals surface area contributed by atoms with E-state index in [9.17, 15) is 0 Å². The number of halogens is 1. The van der Waals surface area contributed by atoms with Crippen molar-refractivity contribution >= 4 is 35.6 Å². The van der Waals surface area contributed by atoms with E-state index in [0.29, 0.717) is 5.41 Å². The largest absolute Gasteiger partial charge is 0.385 e. The van der Waals surface area contributed by atoms with Gasteiger partial charge in [0.2, 0.25) is 0 Å². The minimum absolute atomic E-state index is 0. The molecule has 170 valence electrons. The molecule has 1 unspecified atom stereocenters. The van der Waals surface area contributed by atoms with E-state index in [1.54, 1.807) is 7.11 Å². The first-order valence-corrected chi connectivity index (χ1v) is 11.5. The van der Waals surface area contributed by atoms with Crippen molar-refractivity contribution in [3.63, 3.8) is 0 Å². The summed E-state index contributed by atoms with van der Waals surface area (Å²) in [5.41, 5.74) is 2.98. The van der Waals surface area contributed by atoms with Crippen LogP contribution in [-0.4, -0.2) is 45.9 Å². The average Bonchev–Trinajstić information content (AvgIpc) is 3.44. The Kier molecular flexibility index (Phi) is 10.7. The second kappa shape index (κ2) is 12.7. The molecule has 2 N–H and O–H groups in total. The number of rotatable bonds is 9. The quantitative estimate of drug-likeness (QED) is 0.266. The summed E-state index contributed by atoms with van der Waals surface area (Å²) < 4.78 is 5.38. The van der Waals surface area contributed by atoms with Gasteiger partial charge in [-0.05, 0) is 69.1 Å². The summed E-state index contributed by atoms with van der Waals surface area (Å²) in [6, 6.07) is 9.19. The molecule has 0 aromatic heterocycles. The molecule has 1 aromatic rings. The molecule has 0 amide bonds. The van der Waals surface area contributed by atoms with Crippen molar-refractivity contribution in [2.45, 2.75) is 64.8 Å². The third-order valence-corrected chi connectivity index (χ3v) is 6.61. The van der Waals surface area contributed by atoms with E-state index < -0.39 is 0 Å². The topological polar surface area (TPSA) is 48.9 Å². The van der Waals surface area contributed by atoms with Crippen LogP contribution in [0, 0.1) is 5.41 Å². The fourth-order valence-corrected chi connectivity index (χ4v) is 4.75. The molecule has 2 fully saturated rings. The van der Waals surface area contributed by atoms with Gasteiger partial charge in [0.25, 0.3) is 0 Å².